The van der Waals surface area contributed by atoms with Gasteiger partial charge in [0.25, 0.3) is 0 Å². The SMILES string of the molecule is Cc1ccc(C(N)Cc2ccccc2F)c2ccccc12. The van der Waals surface area contributed by atoms with E-state index in [0.717, 1.165) is 10.9 Å². The minimum absolute atomic E-state index is 0.190. The van der Waals surface area contributed by atoms with Gasteiger partial charge in [-0.3, -0.25) is 0 Å². The Hall–Kier alpha value is -2.19. The third kappa shape index (κ3) is 2.67. The Morgan fingerprint density at radius 1 is 0.905 bits per heavy atom. The van der Waals surface area contributed by atoms with Crippen LogP contribution in [0.15, 0.2) is 60.7 Å². The zero-order valence-corrected chi connectivity index (χ0v) is 12.0. The molecule has 3 aromatic rings. The van der Waals surface area contributed by atoms with Crippen molar-refractivity contribution in [1.82, 2.24) is 0 Å². The fraction of sp³-hybridized carbons (Fsp3) is 0.158. The molecule has 3 rings (SSSR count). The fourth-order valence-corrected chi connectivity index (χ4v) is 2.81. The minimum atomic E-state index is -0.215. The molecule has 0 spiro atoms. The van der Waals surface area contributed by atoms with Gasteiger partial charge in [-0.05, 0) is 46.9 Å². The number of rotatable bonds is 3. The Morgan fingerprint density at radius 2 is 1.57 bits per heavy atom. The van der Waals surface area contributed by atoms with Gasteiger partial charge in [0.2, 0.25) is 0 Å². The molecule has 0 radical (unpaired) electrons. The van der Waals surface area contributed by atoms with E-state index in [0.29, 0.717) is 12.0 Å². The van der Waals surface area contributed by atoms with Crippen LogP contribution in [0.5, 0.6) is 0 Å². The van der Waals surface area contributed by atoms with Gasteiger partial charge in [-0.15, -0.1) is 0 Å². The summed E-state index contributed by atoms with van der Waals surface area (Å²) in [4.78, 5) is 0. The van der Waals surface area contributed by atoms with Gasteiger partial charge in [-0.25, -0.2) is 4.39 Å². The maximum Gasteiger partial charge on any atom is 0.126 e. The fourth-order valence-electron chi connectivity index (χ4n) is 2.81. The van der Waals surface area contributed by atoms with E-state index in [-0.39, 0.29) is 11.9 Å². The third-order valence-electron chi connectivity index (χ3n) is 3.97. The second kappa shape index (κ2) is 5.66. The lowest BCUT2D eigenvalue weighted by atomic mass is 9.93. The number of aryl methyl sites for hydroxylation is 1. The highest BCUT2D eigenvalue weighted by Gasteiger charge is 2.13. The third-order valence-corrected chi connectivity index (χ3v) is 3.97. The summed E-state index contributed by atoms with van der Waals surface area (Å²) in [7, 11) is 0. The second-order valence-corrected chi connectivity index (χ2v) is 5.42. The van der Waals surface area contributed by atoms with E-state index in [1.807, 2.05) is 18.2 Å². The van der Waals surface area contributed by atoms with Crippen LogP contribution >= 0.6 is 0 Å². The normalized spacial score (nSPS) is 12.5. The maximum atomic E-state index is 13.8. The molecule has 2 N–H and O–H groups in total. The van der Waals surface area contributed by atoms with Crippen molar-refractivity contribution in [2.45, 2.75) is 19.4 Å². The Bertz CT molecular complexity index is 779. The van der Waals surface area contributed by atoms with E-state index in [2.05, 4.69) is 31.2 Å². The van der Waals surface area contributed by atoms with E-state index < -0.39 is 0 Å². The number of hydrogen-bond acceptors (Lipinski definition) is 1. The molecule has 0 saturated carbocycles. The Labute approximate surface area is 124 Å². The highest BCUT2D eigenvalue weighted by Crippen LogP contribution is 2.28. The van der Waals surface area contributed by atoms with E-state index in [9.17, 15) is 4.39 Å². The van der Waals surface area contributed by atoms with Crippen molar-refractivity contribution in [2.75, 3.05) is 0 Å². The highest BCUT2D eigenvalue weighted by molar-refractivity contribution is 5.88. The maximum absolute atomic E-state index is 13.8. The number of hydrogen-bond donors (Lipinski definition) is 1. The van der Waals surface area contributed by atoms with Crippen LogP contribution in [-0.2, 0) is 6.42 Å². The van der Waals surface area contributed by atoms with Gasteiger partial charge in [0, 0.05) is 6.04 Å². The first-order valence-corrected chi connectivity index (χ1v) is 7.14. The van der Waals surface area contributed by atoms with Crippen molar-refractivity contribution in [2.24, 2.45) is 5.73 Å². The molecule has 3 aromatic carbocycles. The lowest BCUT2D eigenvalue weighted by molar-refractivity contribution is 0.594. The van der Waals surface area contributed by atoms with Crippen LogP contribution in [0.1, 0.15) is 22.7 Å². The molecule has 1 atom stereocenters. The summed E-state index contributed by atoms with van der Waals surface area (Å²) in [6, 6.07) is 19.0. The van der Waals surface area contributed by atoms with Gasteiger partial charge in [-0.2, -0.15) is 0 Å². The molecular formula is C19H18FN. The first kappa shape index (κ1) is 13.8. The molecule has 21 heavy (non-hydrogen) atoms. The van der Waals surface area contributed by atoms with Crippen molar-refractivity contribution in [1.29, 1.82) is 0 Å². The number of fused-ring (bicyclic) bond motifs is 1. The van der Waals surface area contributed by atoms with Crippen LogP contribution in [0.3, 0.4) is 0 Å². The molecule has 0 fully saturated rings. The lowest BCUT2D eigenvalue weighted by Gasteiger charge is -2.16. The van der Waals surface area contributed by atoms with Crippen LogP contribution in [-0.4, -0.2) is 0 Å². The molecule has 0 saturated heterocycles. The summed E-state index contributed by atoms with van der Waals surface area (Å²) in [5.74, 6) is -0.190. The molecule has 0 aliphatic heterocycles. The van der Waals surface area contributed by atoms with Crippen molar-refractivity contribution < 1.29 is 4.39 Å². The van der Waals surface area contributed by atoms with E-state index in [1.54, 1.807) is 12.1 Å². The molecule has 0 amide bonds. The van der Waals surface area contributed by atoms with Crippen LogP contribution in [0, 0.1) is 12.7 Å². The molecule has 2 heteroatoms. The van der Waals surface area contributed by atoms with Gasteiger partial charge in [0.05, 0.1) is 0 Å². The zero-order chi connectivity index (χ0) is 14.8. The molecule has 0 aliphatic rings. The second-order valence-electron chi connectivity index (χ2n) is 5.42. The van der Waals surface area contributed by atoms with Gasteiger partial charge in [-0.1, -0.05) is 54.6 Å². The first-order valence-electron chi connectivity index (χ1n) is 7.14. The minimum Gasteiger partial charge on any atom is -0.324 e. The Balaban J connectivity index is 2.01. The van der Waals surface area contributed by atoms with Crippen molar-refractivity contribution in [3.05, 3.63) is 83.2 Å². The topological polar surface area (TPSA) is 26.0 Å². The van der Waals surface area contributed by atoms with Crippen molar-refractivity contribution >= 4 is 10.8 Å². The highest BCUT2D eigenvalue weighted by atomic mass is 19.1. The molecule has 106 valence electrons. The number of nitrogens with two attached hydrogens (primary N) is 1. The van der Waals surface area contributed by atoms with Gasteiger partial charge < -0.3 is 5.73 Å². The molecular weight excluding hydrogens is 261 g/mol. The van der Waals surface area contributed by atoms with Crippen molar-refractivity contribution in [3.63, 3.8) is 0 Å². The van der Waals surface area contributed by atoms with E-state index >= 15 is 0 Å². The monoisotopic (exact) mass is 279 g/mol. The summed E-state index contributed by atoms with van der Waals surface area (Å²) in [6.45, 7) is 2.09. The van der Waals surface area contributed by atoms with Gasteiger partial charge in [0.15, 0.2) is 0 Å². The van der Waals surface area contributed by atoms with E-state index in [1.165, 1.54) is 17.0 Å². The smallest absolute Gasteiger partial charge is 0.126 e. The predicted molar refractivity (Wildman–Crippen MR) is 85.7 cm³/mol. The molecule has 1 unspecified atom stereocenters. The molecule has 1 nitrogen and oxygen atoms in total. The standard InChI is InChI=1S/C19H18FN/c1-13-10-11-17(16-8-4-3-7-15(13)16)19(21)12-14-6-2-5-9-18(14)20/h2-11,19H,12,21H2,1H3. The van der Waals surface area contributed by atoms with E-state index in [4.69, 9.17) is 5.73 Å². The summed E-state index contributed by atoms with van der Waals surface area (Å²) in [5, 5.41) is 2.36. The number of benzene rings is 3. The van der Waals surface area contributed by atoms with Gasteiger partial charge in [0.1, 0.15) is 5.82 Å². The first-order chi connectivity index (χ1) is 10.2. The lowest BCUT2D eigenvalue weighted by Crippen LogP contribution is -2.14. The average Bonchev–Trinajstić information content (AvgIpc) is 2.50. The molecule has 0 bridgehead atoms. The van der Waals surface area contributed by atoms with Crippen molar-refractivity contribution in [3.8, 4) is 0 Å². The van der Waals surface area contributed by atoms with Gasteiger partial charge >= 0.3 is 0 Å². The molecule has 0 aliphatic carbocycles. The largest absolute Gasteiger partial charge is 0.324 e. The quantitative estimate of drug-likeness (QED) is 0.749. The Kier molecular flexibility index (Phi) is 3.72. The van der Waals surface area contributed by atoms with Crippen LogP contribution in [0.4, 0.5) is 4.39 Å². The zero-order valence-electron chi connectivity index (χ0n) is 12.0. The van der Waals surface area contributed by atoms with Crippen LogP contribution in [0.25, 0.3) is 10.8 Å². The molecule has 0 heterocycles. The Morgan fingerprint density at radius 3 is 2.33 bits per heavy atom. The summed E-state index contributed by atoms with van der Waals surface area (Å²) in [5.41, 5.74) is 9.31. The van der Waals surface area contributed by atoms with Crippen LogP contribution < -0.4 is 5.73 Å². The van der Waals surface area contributed by atoms with Crippen LogP contribution in [0.2, 0.25) is 0 Å². The summed E-state index contributed by atoms with van der Waals surface area (Å²) < 4.78 is 13.8. The predicted octanol–water partition coefficient (Wildman–Crippen LogP) is 4.53. The summed E-state index contributed by atoms with van der Waals surface area (Å²) >= 11 is 0. The number of halogens is 1. The molecule has 0 aromatic heterocycles. The average molecular weight is 279 g/mol. The summed E-state index contributed by atoms with van der Waals surface area (Å²) in [6.07, 6.45) is 0.500.